The number of hydrogen-bond donors (Lipinski definition) is 0. The second kappa shape index (κ2) is 6.33. The summed E-state index contributed by atoms with van der Waals surface area (Å²) in [6.07, 6.45) is 5.07. The van der Waals surface area contributed by atoms with Crippen LogP contribution in [0.25, 0.3) is 0 Å². The van der Waals surface area contributed by atoms with Crippen LogP contribution in [-0.2, 0) is 4.84 Å². The smallest absolute Gasteiger partial charge is 0.128 e. The molecule has 1 atom stereocenters. The summed E-state index contributed by atoms with van der Waals surface area (Å²) in [5.41, 5.74) is 0. The Morgan fingerprint density at radius 3 is 2.90 bits per heavy atom. The third kappa shape index (κ3) is 5.35. The van der Waals surface area contributed by atoms with Crippen LogP contribution in [0.3, 0.4) is 0 Å². The third-order valence-corrected chi connectivity index (χ3v) is 0.943. The molecule has 0 aliphatic heterocycles. The minimum Gasteiger partial charge on any atom is -0.393 e. The first-order chi connectivity index (χ1) is 4.81. The quantitative estimate of drug-likeness (QED) is 0.326. The van der Waals surface area contributed by atoms with Gasteiger partial charge in [-0.15, -0.1) is 6.58 Å². The van der Waals surface area contributed by atoms with E-state index in [1.807, 2.05) is 13.0 Å². The van der Waals surface area contributed by atoms with Gasteiger partial charge in [-0.3, -0.25) is 0 Å². The summed E-state index contributed by atoms with van der Waals surface area (Å²) in [6, 6.07) is 0. The molecule has 0 bridgehead atoms. The molecular formula is C8H14NO. The van der Waals surface area contributed by atoms with Gasteiger partial charge in [-0.1, -0.05) is 11.2 Å². The second-order valence-corrected chi connectivity index (χ2v) is 2.02. The molecule has 1 unspecified atom stereocenters. The van der Waals surface area contributed by atoms with Gasteiger partial charge in [0.15, 0.2) is 0 Å². The van der Waals surface area contributed by atoms with Crippen LogP contribution in [0.15, 0.2) is 17.8 Å². The fraction of sp³-hybridized carbons (Fsp3) is 0.500. The van der Waals surface area contributed by atoms with Gasteiger partial charge in [0.25, 0.3) is 0 Å². The first-order valence-electron chi connectivity index (χ1n) is 3.39. The zero-order chi connectivity index (χ0) is 7.82. The Bertz CT molecular complexity index is 110. The van der Waals surface area contributed by atoms with E-state index in [9.17, 15) is 0 Å². The summed E-state index contributed by atoms with van der Waals surface area (Å²) >= 11 is 0. The molecule has 2 heteroatoms. The lowest BCUT2D eigenvalue weighted by Gasteiger charge is -2.04. The Morgan fingerprint density at radius 2 is 2.40 bits per heavy atom. The van der Waals surface area contributed by atoms with Crippen LogP contribution in [-0.4, -0.2) is 12.3 Å². The SMILES string of the molecule is [CH2]C/C=N/OC(C)CC=C. The monoisotopic (exact) mass is 140 g/mol. The lowest BCUT2D eigenvalue weighted by molar-refractivity contribution is 0.0757. The molecular weight excluding hydrogens is 126 g/mol. The van der Waals surface area contributed by atoms with Crippen LogP contribution >= 0.6 is 0 Å². The van der Waals surface area contributed by atoms with Gasteiger partial charge >= 0.3 is 0 Å². The minimum absolute atomic E-state index is 0.125. The summed E-state index contributed by atoms with van der Waals surface area (Å²) in [7, 11) is 0. The van der Waals surface area contributed by atoms with E-state index < -0.39 is 0 Å². The van der Waals surface area contributed by atoms with E-state index in [0.29, 0.717) is 6.42 Å². The van der Waals surface area contributed by atoms with Gasteiger partial charge in [-0.2, -0.15) is 0 Å². The van der Waals surface area contributed by atoms with E-state index in [4.69, 9.17) is 4.84 Å². The van der Waals surface area contributed by atoms with E-state index in [1.165, 1.54) is 0 Å². The normalized spacial score (nSPS) is 13.4. The molecule has 0 aliphatic carbocycles. The second-order valence-electron chi connectivity index (χ2n) is 2.02. The number of rotatable bonds is 5. The average Bonchev–Trinajstić information content (AvgIpc) is 1.89. The van der Waals surface area contributed by atoms with Gasteiger partial charge in [0.05, 0.1) is 0 Å². The van der Waals surface area contributed by atoms with Crippen LogP contribution in [0.4, 0.5) is 0 Å². The van der Waals surface area contributed by atoms with Gasteiger partial charge in [-0.25, -0.2) is 0 Å². The summed E-state index contributed by atoms with van der Waals surface area (Å²) in [5, 5.41) is 3.67. The molecule has 0 spiro atoms. The molecule has 0 heterocycles. The maximum Gasteiger partial charge on any atom is 0.128 e. The van der Waals surface area contributed by atoms with Gasteiger partial charge in [0.1, 0.15) is 6.10 Å². The van der Waals surface area contributed by atoms with Crippen molar-refractivity contribution < 1.29 is 4.84 Å². The van der Waals surface area contributed by atoms with Crippen molar-refractivity contribution in [2.75, 3.05) is 0 Å². The Kier molecular flexibility index (Phi) is 5.83. The van der Waals surface area contributed by atoms with Gasteiger partial charge < -0.3 is 4.84 Å². The van der Waals surface area contributed by atoms with Crippen molar-refractivity contribution in [3.63, 3.8) is 0 Å². The highest BCUT2D eigenvalue weighted by molar-refractivity contribution is 5.56. The summed E-state index contributed by atoms with van der Waals surface area (Å²) in [5.74, 6) is 0. The van der Waals surface area contributed by atoms with E-state index in [0.717, 1.165) is 6.42 Å². The minimum atomic E-state index is 0.125. The molecule has 0 saturated heterocycles. The van der Waals surface area contributed by atoms with Crippen molar-refractivity contribution in [3.05, 3.63) is 19.6 Å². The van der Waals surface area contributed by atoms with Crippen LogP contribution in [0, 0.1) is 6.92 Å². The van der Waals surface area contributed by atoms with E-state index >= 15 is 0 Å². The first-order valence-corrected chi connectivity index (χ1v) is 3.39. The molecule has 0 saturated carbocycles. The maximum atomic E-state index is 4.98. The molecule has 2 nitrogen and oxygen atoms in total. The Balaban J connectivity index is 3.28. The van der Waals surface area contributed by atoms with Crippen LogP contribution < -0.4 is 0 Å². The molecule has 0 aliphatic rings. The molecule has 1 radical (unpaired) electrons. The summed E-state index contributed by atoms with van der Waals surface area (Å²) in [4.78, 5) is 4.98. The van der Waals surface area contributed by atoms with Crippen LogP contribution in [0.1, 0.15) is 19.8 Å². The van der Waals surface area contributed by atoms with E-state index in [2.05, 4.69) is 18.7 Å². The molecule has 0 N–H and O–H groups in total. The largest absolute Gasteiger partial charge is 0.393 e. The zero-order valence-corrected chi connectivity index (χ0v) is 6.42. The first kappa shape index (κ1) is 9.21. The highest BCUT2D eigenvalue weighted by Gasteiger charge is 1.95. The number of oxime groups is 1. The summed E-state index contributed by atoms with van der Waals surface area (Å²) in [6.45, 7) is 9.11. The van der Waals surface area contributed by atoms with Crippen molar-refractivity contribution in [1.29, 1.82) is 0 Å². The topological polar surface area (TPSA) is 21.6 Å². The predicted molar refractivity (Wildman–Crippen MR) is 43.8 cm³/mol. The standard InChI is InChI=1S/C8H14NO/c1-4-6-8(3)10-9-7-5-2/h4,7-8H,1-2,5-6H2,3H3/b9-7+. The average molecular weight is 140 g/mol. The van der Waals surface area contributed by atoms with Crippen molar-refractivity contribution in [3.8, 4) is 0 Å². The van der Waals surface area contributed by atoms with Crippen LogP contribution in [0.2, 0.25) is 0 Å². The fourth-order valence-electron chi connectivity index (χ4n) is 0.477. The zero-order valence-electron chi connectivity index (χ0n) is 6.42. The highest BCUT2D eigenvalue weighted by Crippen LogP contribution is 1.96. The van der Waals surface area contributed by atoms with Crippen molar-refractivity contribution in [2.45, 2.75) is 25.9 Å². The molecule has 57 valence electrons. The van der Waals surface area contributed by atoms with Gasteiger partial charge in [-0.05, 0) is 20.3 Å². The van der Waals surface area contributed by atoms with E-state index in [1.54, 1.807) is 6.21 Å². The predicted octanol–water partition coefficient (Wildman–Crippen LogP) is 2.18. The lowest BCUT2D eigenvalue weighted by atomic mass is 10.3. The van der Waals surface area contributed by atoms with Gasteiger partial charge in [0, 0.05) is 12.6 Å². The fourth-order valence-corrected chi connectivity index (χ4v) is 0.477. The molecule has 0 aromatic rings. The highest BCUT2D eigenvalue weighted by atomic mass is 16.6. The Labute approximate surface area is 62.6 Å². The van der Waals surface area contributed by atoms with Crippen molar-refractivity contribution in [2.24, 2.45) is 5.16 Å². The Hall–Kier alpha value is -0.790. The van der Waals surface area contributed by atoms with Crippen molar-refractivity contribution >= 4 is 6.21 Å². The van der Waals surface area contributed by atoms with Crippen molar-refractivity contribution in [1.82, 2.24) is 0 Å². The van der Waals surface area contributed by atoms with Crippen LogP contribution in [0.5, 0.6) is 0 Å². The maximum absolute atomic E-state index is 4.98. The Morgan fingerprint density at radius 1 is 1.70 bits per heavy atom. The molecule has 10 heavy (non-hydrogen) atoms. The molecule has 0 rings (SSSR count). The lowest BCUT2D eigenvalue weighted by Crippen LogP contribution is -2.01. The molecule has 0 fully saturated rings. The summed E-state index contributed by atoms with van der Waals surface area (Å²) < 4.78 is 0. The molecule has 0 aromatic carbocycles. The number of hydrogen-bond acceptors (Lipinski definition) is 2. The third-order valence-electron chi connectivity index (χ3n) is 0.943. The number of nitrogens with zero attached hydrogens (tertiary/aromatic N) is 1. The molecule has 0 aromatic heterocycles. The molecule has 0 amide bonds. The van der Waals surface area contributed by atoms with E-state index in [-0.39, 0.29) is 6.10 Å². The van der Waals surface area contributed by atoms with Gasteiger partial charge in [0.2, 0.25) is 0 Å².